The van der Waals surface area contributed by atoms with Crippen LogP contribution in [0.15, 0.2) is 17.0 Å². The lowest BCUT2D eigenvalue weighted by atomic mass is 10.3. The van der Waals surface area contributed by atoms with Gasteiger partial charge in [-0.1, -0.05) is 0 Å². The van der Waals surface area contributed by atoms with Gasteiger partial charge in [-0.15, -0.1) is 11.8 Å². The number of thioether (sulfide) groups is 1. The first-order valence-electron chi connectivity index (χ1n) is 4.21. The van der Waals surface area contributed by atoms with Crippen molar-refractivity contribution in [2.24, 2.45) is 0 Å². The van der Waals surface area contributed by atoms with E-state index in [-0.39, 0.29) is 16.3 Å². The minimum Gasteiger partial charge on any atom is -0.398 e. The average molecular weight is 235 g/mol. The Morgan fingerprint density at radius 1 is 1.40 bits per heavy atom. The number of rotatable bonds is 4. The first-order valence-corrected chi connectivity index (χ1v) is 5.20. The summed E-state index contributed by atoms with van der Waals surface area (Å²) in [5, 5.41) is 17.6. The van der Waals surface area contributed by atoms with Gasteiger partial charge in [-0.3, -0.25) is 0 Å². The van der Waals surface area contributed by atoms with Crippen molar-refractivity contribution in [3.8, 4) is 0 Å². The van der Waals surface area contributed by atoms with Gasteiger partial charge in [0.25, 0.3) is 0 Å². The Bertz CT molecular complexity index is 349. The van der Waals surface area contributed by atoms with Gasteiger partial charge in [0.05, 0.1) is 17.6 Å². The maximum Gasteiger partial charge on any atom is 0.174 e. The van der Waals surface area contributed by atoms with E-state index in [1.807, 2.05) is 0 Å². The van der Waals surface area contributed by atoms with Gasteiger partial charge in [-0.05, 0) is 12.1 Å². The zero-order valence-electron chi connectivity index (χ0n) is 7.78. The van der Waals surface area contributed by atoms with E-state index in [0.29, 0.717) is 0 Å². The Morgan fingerprint density at radius 2 is 2.07 bits per heavy atom. The van der Waals surface area contributed by atoms with Gasteiger partial charge in [0.15, 0.2) is 11.6 Å². The number of aliphatic hydroxyl groups excluding tert-OH is 2. The minimum absolute atomic E-state index is 0.0394. The van der Waals surface area contributed by atoms with Gasteiger partial charge in [-0.25, -0.2) is 8.78 Å². The Balaban J connectivity index is 2.80. The molecule has 3 nitrogen and oxygen atoms in total. The lowest BCUT2D eigenvalue weighted by molar-refractivity contribution is 0.113. The SMILES string of the molecule is Nc1ccc(F)c(F)c1SCC(O)CO. The Labute approximate surface area is 89.9 Å². The molecule has 1 rings (SSSR count). The van der Waals surface area contributed by atoms with Crippen molar-refractivity contribution in [2.45, 2.75) is 11.0 Å². The van der Waals surface area contributed by atoms with E-state index >= 15 is 0 Å². The van der Waals surface area contributed by atoms with Gasteiger partial charge >= 0.3 is 0 Å². The van der Waals surface area contributed by atoms with E-state index in [4.69, 9.17) is 15.9 Å². The first kappa shape index (κ1) is 12.2. The number of aliphatic hydroxyl groups is 2. The van der Waals surface area contributed by atoms with Gasteiger partial charge in [0.2, 0.25) is 0 Å². The molecule has 0 aromatic heterocycles. The largest absolute Gasteiger partial charge is 0.398 e. The minimum atomic E-state index is -1.02. The highest BCUT2D eigenvalue weighted by molar-refractivity contribution is 7.99. The van der Waals surface area contributed by atoms with Crippen LogP contribution >= 0.6 is 11.8 Å². The molecule has 0 fully saturated rings. The number of hydrogen-bond donors (Lipinski definition) is 3. The number of hydrogen-bond acceptors (Lipinski definition) is 4. The van der Waals surface area contributed by atoms with Crippen LogP contribution in [0.4, 0.5) is 14.5 Å². The summed E-state index contributed by atoms with van der Waals surface area (Å²) in [6, 6.07) is 2.20. The number of anilines is 1. The Hall–Kier alpha value is -0.850. The van der Waals surface area contributed by atoms with Crippen molar-refractivity contribution >= 4 is 17.4 Å². The quantitative estimate of drug-likeness (QED) is 0.538. The summed E-state index contributed by atoms with van der Waals surface area (Å²) in [5.74, 6) is -1.95. The van der Waals surface area contributed by atoms with Gasteiger partial charge in [0.1, 0.15) is 0 Å². The number of halogens is 2. The molecular weight excluding hydrogens is 224 g/mol. The highest BCUT2D eigenvalue weighted by atomic mass is 32.2. The Kier molecular flexibility index (Phi) is 4.31. The molecule has 0 bridgehead atoms. The van der Waals surface area contributed by atoms with Gasteiger partial charge in [-0.2, -0.15) is 0 Å². The maximum absolute atomic E-state index is 13.2. The second-order valence-electron chi connectivity index (χ2n) is 2.93. The number of benzene rings is 1. The molecule has 0 spiro atoms. The molecule has 0 heterocycles. The molecule has 0 aliphatic heterocycles. The summed E-state index contributed by atoms with van der Waals surface area (Å²) in [4.78, 5) is -0.0394. The van der Waals surface area contributed by atoms with Crippen molar-refractivity contribution in [3.63, 3.8) is 0 Å². The fraction of sp³-hybridized carbons (Fsp3) is 0.333. The molecule has 0 radical (unpaired) electrons. The predicted octanol–water partition coefficient (Wildman–Crippen LogP) is 0.992. The molecule has 4 N–H and O–H groups in total. The van der Waals surface area contributed by atoms with Crippen molar-refractivity contribution in [3.05, 3.63) is 23.8 Å². The van der Waals surface area contributed by atoms with Crippen LogP contribution in [0, 0.1) is 11.6 Å². The smallest absolute Gasteiger partial charge is 0.174 e. The summed E-state index contributed by atoms with van der Waals surface area (Å²) >= 11 is 0.871. The van der Waals surface area contributed by atoms with Crippen LogP contribution in [-0.2, 0) is 0 Å². The monoisotopic (exact) mass is 235 g/mol. The maximum atomic E-state index is 13.2. The van der Waals surface area contributed by atoms with Crippen LogP contribution in [0.1, 0.15) is 0 Å². The molecular formula is C9H11F2NO2S. The normalized spacial score (nSPS) is 12.8. The highest BCUT2D eigenvalue weighted by Crippen LogP contribution is 2.29. The van der Waals surface area contributed by atoms with Crippen molar-refractivity contribution in [1.29, 1.82) is 0 Å². The molecule has 0 saturated carbocycles. The zero-order valence-corrected chi connectivity index (χ0v) is 8.60. The molecule has 0 aliphatic carbocycles. The second-order valence-corrected chi connectivity index (χ2v) is 3.96. The van der Waals surface area contributed by atoms with Crippen LogP contribution in [0.25, 0.3) is 0 Å². The molecule has 1 aromatic rings. The van der Waals surface area contributed by atoms with E-state index in [2.05, 4.69) is 0 Å². The predicted molar refractivity (Wildman–Crippen MR) is 54.6 cm³/mol. The Morgan fingerprint density at radius 3 is 2.67 bits per heavy atom. The molecule has 0 saturated heterocycles. The summed E-state index contributed by atoms with van der Waals surface area (Å²) < 4.78 is 26.0. The lowest BCUT2D eigenvalue weighted by Gasteiger charge is -2.09. The molecule has 0 aliphatic rings. The van der Waals surface area contributed by atoms with Crippen LogP contribution in [0.5, 0.6) is 0 Å². The highest BCUT2D eigenvalue weighted by Gasteiger charge is 2.13. The van der Waals surface area contributed by atoms with Gasteiger partial charge < -0.3 is 15.9 Å². The molecule has 1 unspecified atom stereocenters. The molecule has 6 heteroatoms. The first-order chi connectivity index (χ1) is 7.06. The molecule has 1 atom stereocenters. The lowest BCUT2D eigenvalue weighted by Crippen LogP contribution is -2.15. The van der Waals surface area contributed by atoms with Crippen molar-refractivity contribution < 1.29 is 19.0 Å². The summed E-state index contributed by atoms with van der Waals surface area (Å²) in [6.07, 6.45) is -0.975. The van der Waals surface area contributed by atoms with E-state index in [1.54, 1.807) is 0 Å². The molecule has 1 aromatic carbocycles. The van der Waals surface area contributed by atoms with E-state index in [0.717, 1.165) is 17.8 Å². The number of nitrogens with two attached hydrogens (primary N) is 1. The van der Waals surface area contributed by atoms with Crippen LogP contribution in [-0.4, -0.2) is 28.7 Å². The average Bonchev–Trinajstić information content (AvgIpc) is 2.23. The fourth-order valence-corrected chi connectivity index (χ4v) is 1.85. The van der Waals surface area contributed by atoms with Crippen LogP contribution < -0.4 is 5.73 Å². The molecule has 15 heavy (non-hydrogen) atoms. The zero-order chi connectivity index (χ0) is 11.4. The van der Waals surface area contributed by atoms with E-state index in [1.165, 1.54) is 6.07 Å². The topological polar surface area (TPSA) is 66.5 Å². The fourth-order valence-electron chi connectivity index (χ4n) is 0.926. The third-order valence-electron chi connectivity index (χ3n) is 1.71. The molecule has 0 amide bonds. The third-order valence-corrected chi connectivity index (χ3v) is 2.97. The van der Waals surface area contributed by atoms with Gasteiger partial charge in [0, 0.05) is 11.4 Å². The summed E-state index contributed by atoms with van der Waals surface area (Å²) in [6.45, 7) is -0.427. The van der Waals surface area contributed by atoms with E-state index < -0.39 is 24.3 Å². The van der Waals surface area contributed by atoms with Crippen molar-refractivity contribution in [1.82, 2.24) is 0 Å². The second kappa shape index (κ2) is 5.29. The number of nitrogen functional groups attached to an aromatic ring is 1. The van der Waals surface area contributed by atoms with Crippen molar-refractivity contribution in [2.75, 3.05) is 18.1 Å². The third kappa shape index (κ3) is 3.05. The summed E-state index contributed by atoms with van der Waals surface area (Å²) in [5.41, 5.74) is 5.56. The standard InChI is InChI=1S/C9H11F2NO2S/c10-6-1-2-7(12)9(8(6)11)15-4-5(14)3-13/h1-2,5,13-14H,3-4,12H2. The van der Waals surface area contributed by atoms with E-state index in [9.17, 15) is 8.78 Å². The summed E-state index contributed by atoms with van der Waals surface area (Å²) in [7, 11) is 0. The molecule has 84 valence electrons. The van der Waals surface area contributed by atoms with Crippen LogP contribution in [0.2, 0.25) is 0 Å². The van der Waals surface area contributed by atoms with Crippen LogP contribution in [0.3, 0.4) is 0 Å².